The molecule has 0 saturated heterocycles. The Morgan fingerprint density at radius 2 is 1.39 bits per heavy atom. The van der Waals surface area contributed by atoms with Crippen LogP contribution in [-0.4, -0.2) is 9.97 Å². The minimum absolute atomic E-state index is 0.819. The van der Waals surface area contributed by atoms with Crippen LogP contribution in [0.15, 0.2) is 85.2 Å². The zero-order valence-corrected chi connectivity index (χ0v) is 12.5. The standard InChI is InChI=1S/C20H15N3/c1-2-8-15(9-3-1)16-10-4-7-13-19(16)23-20-17-11-5-6-12-18(17)21-14-22-20/h1-14H,(H,21,22,23). The molecule has 0 aliphatic heterocycles. The highest BCUT2D eigenvalue weighted by Crippen LogP contribution is 2.31. The molecule has 0 atom stereocenters. The number of hydrogen-bond acceptors (Lipinski definition) is 3. The Hall–Kier alpha value is -3.20. The molecular weight excluding hydrogens is 282 g/mol. The maximum absolute atomic E-state index is 4.41. The van der Waals surface area contributed by atoms with E-state index in [-0.39, 0.29) is 0 Å². The molecule has 4 rings (SSSR count). The van der Waals surface area contributed by atoms with Crippen LogP contribution in [0.3, 0.4) is 0 Å². The normalized spacial score (nSPS) is 10.6. The number of aromatic nitrogens is 2. The predicted octanol–water partition coefficient (Wildman–Crippen LogP) is 5.04. The zero-order valence-electron chi connectivity index (χ0n) is 12.5. The van der Waals surface area contributed by atoms with Crippen molar-refractivity contribution < 1.29 is 0 Å². The van der Waals surface area contributed by atoms with Gasteiger partial charge < -0.3 is 5.32 Å². The lowest BCUT2D eigenvalue weighted by atomic mass is 10.0. The van der Waals surface area contributed by atoms with Crippen LogP contribution in [-0.2, 0) is 0 Å². The van der Waals surface area contributed by atoms with Crippen molar-refractivity contribution in [1.29, 1.82) is 0 Å². The molecule has 0 aliphatic carbocycles. The molecule has 4 aromatic rings. The number of fused-ring (bicyclic) bond motifs is 1. The van der Waals surface area contributed by atoms with Gasteiger partial charge in [-0.2, -0.15) is 0 Å². The van der Waals surface area contributed by atoms with Crippen molar-refractivity contribution in [2.24, 2.45) is 0 Å². The van der Waals surface area contributed by atoms with E-state index >= 15 is 0 Å². The van der Waals surface area contributed by atoms with Crippen LogP contribution in [0.1, 0.15) is 0 Å². The lowest BCUT2D eigenvalue weighted by molar-refractivity contribution is 1.22. The highest BCUT2D eigenvalue weighted by molar-refractivity contribution is 5.92. The van der Waals surface area contributed by atoms with Crippen molar-refractivity contribution in [2.45, 2.75) is 0 Å². The first kappa shape index (κ1) is 13.5. The van der Waals surface area contributed by atoms with Gasteiger partial charge in [0.25, 0.3) is 0 Å². The zero-order chi connectivity index (χ0) is 15.5. The second kappa shape index (κ2) is 5.89. The number of para-hydroxylation sites is 2. The summed E-state index contributed by atoms with van der Waals surface area (Å²) in [5, 5.41) is 4.47. The van der Waals surface area contributed by atoms with Gasteiger partial charge in [0.15, 0.2) is 0 Å². The molecule has 0 aliphatic rings. The van der Waals surface area contributed by atoms with E-state index in [2.05, 4.69) is 39.6 Å². The van der Waals surface area contributed by atoms with Gasteiger partial charge in [0, 0.05) is 16.6 Å². The summed E-state index contributed by atoms with van der Waals surface area (Å²) in [4.78, 5) is 8.73. The minimum Gasteiger partial charge on any atom is -0.339 e. The Balaban J connectivity index is 1.80. The van der Waals surface area contributed by atoms with Crippen molar-refractivity contribution in [3.8, 4) is 11.1 Å². The first-order valence-corrected chi connectivity index (χ1v) is 7.53. The topological polar surface area (TPSA) is 37.8 Å². The van der Waals surface area contributed by atoms with Crippen LogP contribution in [0.25, 0.3) is 22.0 Å². The maximum atomic E-state index is 4.41. The van der Waals surface area contributed by atoms with E-state index in [1.165, 1.54) is 5.56 Å². The minimum atomic E-state index is 0.819. The molecule has 0 bridgehead atoms. The first-order chi connectivity index (χ1) is 11.4. The maximum Gasteiger partial charge on any atom is 0.141 e. The molecule has 0 fully saturated rings. The van der Waals surface area contributed by atoms with Crippen LogP contribution in [0.5, 0.6) is 0 Å². The number of hydrogen-bond donors (Lipinski definition) is 1. The predicted molar refractivity (Wildman–Crippen MR) is 94.7 cm³/mol. The van der Waals surface area contributed by atoms with Crippen LogP contribution in [0, 0.1) is 0 Å². The average Bonchev–Trinajstić information content (AvgIpc) is 2.63. The first-order valence-electron chi connectivity index (χ1n) is 7.53. The highest BCUT2D eigenvalue weighted by atomic mass is 15.0. The van der Waals surface area contributed by atoms with Gasteiger partial charge in [-0.15, -0.1) is 0 Å². The van der Waals surface area contributed by atoms with Gasteiger partial charge in [-0.3, -0.25) is 0 Å². The summed E-state index contributed by atoms with van der Waals surface area (Å²) >= 11 is 0. The van der Waals surface area contributed by atoms with Gasteiger partial charge in [-0.05, 0) is 23.8 Å². The fraction of sp³-hybridized carbons (Fsp3) is 0. The summed E-state index contributed by atoms with van der Waals surface area (Å²) in [5.41, 5.74) is 4.29. The van der Waals surface area contributed by atoms with Gasteiger partial charge in [0.05, 0.1) is 5.52 Å². The van der Waals surface area contributed by atoms with E-state index in [1.54, 1.807) is 6.33 Å². The molecule has 3 nitrogen and oxygen atoms in total. The van der Waals surface area contributed by atoms with Crippen LogP contribution in [0.2, 0.25) is 0 Å². The fourth-order valence-corrected chi connectivity index (χ4v) is 2.69. The Morgan fingerprint density at radius 1 is 0.652 bits per heavy atom. The van der Waals surface area contributed by atoms with Crippen molar-refractivity contribution in [1.82, 2.24) is 9.97 Å². The number of rotatable bonds is 3. The quantitative estimate of drug-likeness (QED) is 0.575. The van der Waals surface area contributed by atoms with E-state index in [0.29, 0.717) is 0 Å². The van der Waals surface area contributed by atoms with Crippen LogP contribution < -0.4 is 5.32 Å². The molecule has 23 heavy (non-hydrogen) atoms. The molecule has 1 heterocycles. The van der Waals surface area contributed by atoms with Crippen molar-refractivity contribution >= 4 is 22.4 Å². The smallest absolute Gasteiger partial charge is 0.141 e. The lowest BCUT2D eigenvalue weighted by Crippen LogP contribution is -1.97. The molecule has 1 N–H and O–H groups in total. The van der Waals surface area contributed by atoms with Gasteiger partial charge in [-0.1, -0.05) is 60.7 Å². The molecule has 0 spiro atoms. The van der Waals surface area contributed by atoms with E-state index in [0.717, 1.165) is 28.0 Å². The third-order valence-corrected chi connectivity index (χ3v) is 3.81. The Morgan fingerprint density at radius 3 is 2.30 bits per heavy atom. The van der Waals surface area contributed by atoms with Crippen molar-refractivity contribution in [2.75, 3.05) is 5.32 Å². The van der Waals surface area contributed by atoms with Crippen molar-refractivity contribution in [3.63, 3.8) is 0 Å². The fourth-order valence-electron chi connectivity index (χ4n) is 2.69. The van der Waals surface area contributed by atoms with E-state index in [4.69, 9.17) is 0 Å². The summed E-state index contributed by atoms with van der Waals surface area (Å²) < 4.78 is 0. The number of nitrogens with zero attached hydrogens (tertiary/aromatic N) is 2. The Bertz CT molecular complexity index is 944. The SMILES string of the molecule is c1ccc(-c2ccccc2Nc2ncnc3ccccc23)cc1. The lowest BCUT2D eigenvalue weighted by Gasteiger charge is -2.13. The Labute approximate surface area is 134 Å². The molecule has 0 radical (unpaired) electrons. The Kier molecular flexibility index (Phi) is 3.45. The molecule has 3 aromatic carbocycles. The molecule has 110 valence electrons. The third kappa shape index (κ3) is 2.64. The highest BCUT2D eigenvalue weighted by Gasteiger charge is 2.07. The number of anilines is 2. The summed E-state index contributed by atoms with van der Waals surface area (Å²) in [6, 6.07) is 26.6. The van der Waals surface area contributed by atoms with Gasteiger partial charge in [0.1, 0.15) is 12.1 Å². The summed E-state index contributed by atoms with van der Waals surface area (Å²) in [6.45, 7) is 0. The molecule has 0 amide bonds. The van der Waals surface area contributed by atoms with Gasteiger partial charge >= 0.3 is 0 Å². The number of benzene rings is 3. The second-order valence-electron chi connectivity index (χ2n) is 5.28. The summed E-state index contributed by atoms with van der Waals surface area (Å²) in [5.74, 6) is 0.819. The molecule has 0 saturated carbocycles. The largest absolute Gasteiger partial charge is 0.339 e. The van der Waals surface area contributed by atoms with E-state index in [1.807, 2.05) is 54.6 Å². The van der Waals surface area contributed by atoms with E-state index in [9.17, 15) is 0 Å². The summed E-state index contributed by atoms with van der Waals surface area (Å²) in [6.07, 6.45) is 1.59. The molecule has 3 heteroatoms. The van der Waals surface area contributed by atoms with Crippen molar-refractivity contribution in [3.05, 3.63) is 85.2 Å². The van der Waals surface area contributed by atoms with Gasteiger partial charge in [0.2, 0.25) is 0 Å². The monoisotopic (exact) mass is 297 g/mol. The number of nitrogens with one attached hydrogen (secondary N) is 1. The molecular formula is C20H15N3. The van der Waals surface area contributed by atoms with Gasteiger partial charge in [-0.25, -0.2) is 9.97 Å². The molecule has 0 unspecified atom stereocenters. The van der Waals surface area contributed by atoms with Crippen LogP contribution >= 0.6 is 0 Å². The average molecular weight is 297 g/mol. The molecule has 1 aromatic heterocycles. The third-order valence-electron chi connectivity index (χ3n) is 3.81. The van der Waals surface area contributed by atoms with Crippen LogP contribution in [0.4, 0.5) is 11.5 Å². The van der Waals surface area contributed by atoms with E-state index < -0.39 is 0 Å². The second-order valence-corrected chi connectivity index (χ2v) is 5.28. The summed E-state index contributed by atoms with van der Waals surface area (Å²) in [7, 11) is 0.